The summed E-state index contributed by atoms with van der Waals surface area (Å²) in [6.07, 6.45) is 3.17. The lowest BCUT2D eigenvalue weighted by atomic mass is 10.1. The second-order valence-electron chi connectivity index (χ2n) is 5.79. The topological polar surface area (TPSA) is 122 Å². The molecule has 0 spiro atoms. The van der Waals surface area contributed by atoms with Crippen molar-refractivity contribution in [1.29, 1.82) is 5.26 Å². The summed E-state index contributed by atoms with van der Waals surface area (Å²) in [6, 6.07) is 13.4. The van der Waals surface area contributed by atoms with Crippen LogP contribution in [-0.2, 0) is 0 Å². The quantitative estimate of drug-likeness (QED) is 0.274. The van der Waals surface area contributed by atoms with Crippen LogP contribution in [0.25, 0.3) is 34.1 Å². The Hall–Kier alpha value is -3.77. The third kappa shape index (κ3) is 3.41. The first-order chi connectivity index (χ1) is 13.5. The van der Waals surface area contributed by atoms with Crippen molar-refractivity contribution < 1.29 is 9.34 Å². The smallest absolute Gasteiger partial charge is 0.270 e. The summed E-state index contributed by atoms with van der Waals surface area (Å²) in [5.74, 6) is 1.26. The van der Waals surface area contributed by atoms with Gasteiger partial charge in [-0.25, -0.2) is 9.97 Å². The predicted octanol–water partition coefficient (Wildman–Crippen LogP) is 4.95. The molecule has 28 heavy (non-hydrogen) atoms. The number of rotatable bonds is 4. The number of allylic oxidation sites excluding steroid dienone is 1. The molecule has 8 nitrogen and oxygen atoms in total. The summed E-state index contributed by atoms with van der Waals surface area (Å²) >= 11 is 3.34. The first kappa shape index (κ1) is 17.6. The van der Waals surface area contributed by atoms with Gasteiger partial charge in [-0.2, -0.15) is 5.26 Å². The number of aromatic amines is 1. The first-order valence-electron chi connectivity index (χ1n) is 8.01. The molecule has 3 heterocycles. The second kappa shape index (κ2) is 7.09. The molecule has 0 atom stereocenters. The molecule has 0 aliphatic carbocycles. The third-order valence-corrected chi connectivity index (χ3v) is 4.37. The average Bonchev–Trinajstić information content (AvgIpc) is 3.32. The highest BCUT2D eigenvalue weighted by Crippen LogP contribution is 2.27. The third-order valence-electron chi connectivity index (χ3n) is 3.93. The number of halogens is 1. The standard InChI is InChI=1S/C19H10BrN5O3/c20-13-8-16-19(22-10-13)24-18(23-16)12(9-21)7-15-4-5-17(28-15)11-2-1-3-14(6-11)25(26)27/h1-8,10H,(H,22,23,24)/b12-7+. The molecule has 4 rings (SSSR count). The Labute approximate surface area is 166 Å². The van der Waals surface area contributed by atoms with E-state index in [0.29, 0.717) is 34.1 Å². The summed E-state index contributed by atoms with van der Waals surface area (Å²) in [6.45, 7) is 0. The van der Waals surface area contributed by atoms with Crippen molar-refractivity contribution >= 4 is 44.4 Å². The number of furan rings is 1. The van der Waals surface area contributed by atoms with Gasteiger partial charge >= 0.3 is 0 Å². The summed E-state index contributed by atoms with van der Waals surface area (Å²) in [4.78, 5) is 22.0. The molecule has 0 radical (unpaired) electrons. The van der Waals surface area contributed by atoms with E-state index in [9.17, 15) is 15.4 Å². The molecule has 0 saturated carbocycles. The monoisotopic (exact) mass is 435 g/mol. The number of hydrogen-bond donors (Lipinski definition) is 1. The zero-order chi connectivity index (χ0) is 19.7. The van der Waals surface area contributed by atoms with Gasteiger partial charge in [0.15, 0.2) is 11.5 Å². The van der Waals surface area contributed by atoms with Crippen molar-refractivity contribution in [3.63, 3.8) is 0 Å². The number of nitriles is 1. The molecule has 4 aromatic rings. The molecule has 1 aromatic carbocycles. The lowest BCUT2D eigenvalue weighted by Crippen LogP contribution is -1.87. The Morgan fingerprint density at radius 1 is 1.32 bits per heavy atom. The zero-order valence-electron chi connectivity index (χ0n) is 14.1. The number of non-ortho nitro benzene ring substituents is 1. The molecule has 0 bridgehead atoms. The minimum Gasteiger partial charge on any atom is -0.457 e. The number of fused-ring (bicyclic) bond motifs is 1. The van der Waals surface area contributed by atoms with E-state index in [4.69, 9.17) is 4.42 Å². The fourth-order valence-corrected chi connectivity index (χ4v) is 2.99. The normalized spacial score (nSPS) is 11.5. The molecule has 0 amide bonds. The van der Waals surface area contributed by atoms with Gasteiger partial charge in [0.05, 0.1) is 16.0 Å². The van der Waals surface area contributed by atoms with Crippen LogP contribution in [0.2, 0.25) is 0 Å². The Morgan fingerprint density at radius 2 is 2.18 bits per heavy atom. The van der Waals surface area contributed by atoms with Crippen LogP contribution in [0.5, 0.6) is 0 Å². The lowest BCUT2D eigenvalue weighted by molar-refractivity contribution is -0.384. The van der Waals surface area contributed by atoms with E-state index in [-0.39, 0.29) is 11.3 Å². The summed E-state index contributed by atoms with van der Waals surface area (Å²) in [5, 5.41) is 20.5. The molecule has 1 N–H and O–H groups in total. The highest BCUT2D eigenvalue weighted by Gasteiger charge is 2.12. The Balaban J connectivity index is 1.68. The number of nitro benzene ring substituents is 1. The fourth-order valence-electron chi connectivity index (χ4n) is 2.66. The maximum Gasteiger partial charge on any atom is 0.270 e. The van der Waals surface area contributed by atoms with E-state index in [1.165, 1.54) is 12.1 Å². The molecule has 0 aliphatic heterocycles. The largest absolute Gasteiger partial charge is 0.457 e. The van der Waals surface area contributed by atoms with Crippen LogP contribution in [0.4, 0.5) is 5.69 Å². The van der Waals surface area contributed by atoms with E-state index in [2.05, 4.69) is 37.0 Å². The molecule has 9 heteroatoms. The van der Waals surface area contributed by atoms with Gasteiger partial charge in [-0.3, -0.25) is 10.1 Å². The summed E-state index contributed by atoms with van der Waals surface area (Å²) in [7, 11) is 0. The molecule has 0 saturated heterocycles. The van der Waals surface area contributed by atoms with Gasteiger partial charge in [-0.15, -0.1) is 0 Å². The Bertz CT molecular complexity index is 1280. The van der Waals surface area contributed by atoms with Gasteiger partial charge in [-0.1, -0.05) is 12.1 Å². The van der Waals surface area contributed by atoms with Crippen LogP contribution < -0.4 is 0 Å². The minimum atomic E-state index is -0.463. The van der Waals surface area contributed by atoms with E-state index in [0.717, 1.165) is 4.47 Å². The SMILES string of the molecule is N#C/C(=C\c1ccc(-c2cccc([N+](=O)[O-])c2)o1)c1nc2ncc(Br)cc2[nH]1. The van der Waals surface area contributed by atoms with Crippen LogP contribution >= 0.6 is 15.9 Å². The lowest BCUT2D eigenvalue weighted by Gasteiger charge is -1.97. The Morgan fingerprint density at radius 3 is 2.96 bits per heavy atom. The number of benzene rings is 1. The van der Waals surface area contributed by atoms with Gasteiger partial charge < -0.3 is 9.40 Å². The van der Waals surface area contributed by atoms with Crippen LogP contribution in [-0.4, -0.2) is 19.9 Å². The van der Waals surface area contributed by atoms with Crippen LogP contribution in [0.1, 0.15) is 11.6 Å². The number of imidazole rings is 1. The number of pyridine rings is 1. The van der Waals surface area contributed by atoms with E-state index < -0.39 is 4.92 Å². The van der Waals surface area contributed by atoms with Crippen molar-refractivity contribution in [2.24, 2.45) is 0 Å². The number of nitrogens with one attached hydrogen (secondary N) is 1. The molecule has 0 aliphatic rings. The van der Waals surface area contributed by atoms with Crippen LogP contribution in [0, 0.1) is 21.4 Å². The van der Waals surface area contributed by atoms with Crippen molar-refractivity contribution in [1.82, 2.24) is 15.0 Å². The maximum absolute atomic E-state index is 10.9. The maximum atomic E-state index is 10.9. The van der Waals surface area contributed by atoms with Gasteiger partial charge in [0, 0.05) is 34.4 Å². The summed E-state index contributed by atoms with van der Waals surface area (Å²) in [5.41, 5.74) is 2.02. The first-order valence-corrected chi connectivity index (χ1v) is 8.81. The number of aromatic nitrogens is 3. The molecule has 3 aromatic heterocycles. The zero-order valence-corrected chi connectivity index (χ0v) is 15.7. The molecular weight excluding hydrogens is 426 g/mol. The second-order valence-corrected chi connectivity index (χ2v) is 6.71. The van der Waals surface area contributed by atoms with Crippen LogP contribution in [0.15, 0.2) is 57.6 Å². The highest BCUT2D eigenvalue weighted by molar-refractivity contribution is 9.10. The Kier molecular flexibility index (Phi) is 4.47. The van der Waals surface area contributed by atoms with E-state index >= 15 is 0 Å². The van der Waals surface area contributed by atoms with Crippen molar-refractivity contribution in [2.75, 3.05) is 0 Å². The fraction of sp³-hybridized carbons (Fsp3) is 0. The molecular formula is C19H10BrN5O3. The number of nitrogens with zero attached hydrogens (tertiary/aromatic N) is 4. The van der Waals surface area contributed by atoms with Crippen LogP contribution in [0.3, 0.4) is 0 Å². The van der Waals surface area contributed by atoms with Crippen molar-refractivity contribution in [3.05, 3.63) is 74.8 Å². The van der Waals surface area contributed by atoms with E-state index in [1.807, 2.05) is 6.07 Å². The van der Waals surface area contributed by atoms with Gasteiger partial charge in [0.1, 0.15) is 17.6 Å². The van der Waals surface area contributed by atoms with Crippen molar-refractivity contribution in [3.8, 4) is 17.4 Å². The molecule has 0 fully saturated rings. The number of nitro groups is 1. The predicted molar refractivity (Wildman–Crippen MR) is 106 cm³/mol. The molecule has 0 unspecified atom stereocenters. The summed E-state index contributed by atoms with van der Waals surface area (Å²) < 4.78 is 6.53. The van der Waals surface area contributed by atoms with Gasteiger partial charge in [0.25, 0.3) is 5.69 Å². The van der Waals surface area contributed by atoms with Gasteiger partial charge in [0.2, 0.25) is 0 Å². The minimum absolute atomic E-state index is 0.0235. The molecule has 136 valence electrons. The highest BCUT2D eigenvalue weighted by atomic mass is 79.9. The van der Waals surface area contributed by atoms with E-state index in [1.54, 1.807) is 36.5 Å². The number of H-pyrrole nitrogens is 1. The average molecular weight is 436 g/mol. The number of hydrogen-bond acceptors (Lipinski definition) is 6. The van der Waals surface area contributed by atoms with Crippen molar-refractivity contribution in [2.45, 2.75) is 0 Å². The van der Waals surface area contributed by atoms with Gasteiger partial charge in [-0.05, 0) is 34.1 Å².